The van der Waals surface area contributed by atoms with Crippen molar-refractivity contribution in [3.05, 3.63) is 34.6 Å². The maximum absolute atomic E-state index is 13.1. The summed E-state index contributed by atoms with van der Waals surface area (Å²) < 4.78 is 13.1. The zero-order valence-corrected chi connectivity index (χ0v) is 14.0. The summed E-state index contributed by atoms with van der Waals surface area (Å²) in [6, 6.07) is 4.40. The van der Waals surface area contributed by atoms with Crippen LogP contribution >= 0.6 is 11.6 Å². The minimum absolute atomic E-state index is 0.0678. The first kappa shape index (κ1) is 17.2. The molecule has 0 spiro atoms. The maximum atomic E-state index is 13.1. The van der Waals surface area contributed by atoms with Gasteiger partial charge >= 0.3 is 0 Å². The molecule has 1 amide bonds. The van der Waals surface area contributed by atoms with E-state index in [9.17, 15) is 9.18 Å². The van der Waals surface area contributed by atoms with Gasteiger partial charge in [0.15, 0.2) is 0 Å². The Kier molecular flexibility index (Phi) is 5.81. The Morgan fingerprint density at radius 3 is 2.91 bits per heavy atom. The van der Waals surface area contributed by atoms with Crippen molar-refractivity contribution in [1.29, 1.82) is 0 Å². The van der Waals surface area contributed by atoms with Crippen molar-refractivity contribution in [2.45, 2.75) is 38.5 Å². The van der Waals surface area contributed by atoms with Crippen LogP contribution in [0.1, 0.15) is 38.7 Å². The Bertz CT molecular complexity index is 527. The number of benzene rings is 1. The van der Waals surface area contributed by atoms with Crippen LogP contribution in [0, 0.1) is 11.7 Å². The van der Waals surface area contributed by atoms with Crippen molar-refractivity contribution in [3.63, 3.8) is 0 Å². The molecular formula is C17H24ClFN2O. The highest BCUT2D eigenvalue weighted by molar-refractivity contribution is 6.31. The van der Waals surface area contributed by atoms with Crippen molar-refractivity contribution >= 4 is 17.5 Å². The van der Waals surface area contributed by atoms with E-state index in [1.54, 1.807) is 6.07 Å². The van der Waals surface area contributed by atoms with Crippen LogP contribution in [0.5, 0.6) is 0 Å². The fourth-order valence-corrected chi connectivity index (χ4v) is 3.26. The largest absolute Gasteiger partial charge is 0.355 e. The van der Waals surface area contributed by atoms with Crippen molar-refractivity contribution < 1.29 is 9.18 Å². The molecule has 3 nitrogen and oxygen atoms in total. The Balaban J connectivity index is 1.84. The Hall–Kier alpha value is -1.13. The molecule has 1 aromatic rings. The number of amides is 1. The number of rotatable bonds is 6. The highest BCUT2D eigenvalue weighted by atomic mass is 35.5. The van der Waals surface area contributed by atoms with E-state index in [0.29, 0.717) is 23.9 Å². The molecule has 1 saturated heterocycles. The lowest BCUT2D eigenvalue weighted by molar-refractivity contribution is -0.121. The Labute approximate surface area is 136 Å². The van der Waals surface area contributed by atoms with Gasteiger partial charge in [0.05, 0.1) is 0 Å². The molecular weight excluding hydrogens is 303 g/mol. The Morgan fingerprint density at radius 1 is 1.50 bits per heavy atom. The van der Waals surface area contributed by atoms with Crippen LogP contribution in [0.25, 0.3) is 0 Å². The number of carbonyl (C=O) groups excluding carboxylic acids is 1. The number of hydrogen-bond donors (Lipinski definition) is 2. The molecule has 1 aliphatic rings. The van der Waals surface area contributed by atoms with Crippen LogP contribution in [0.15, 0.2) is 18.2 Å². The standard InChI is InChI=1S/C17H24ClFN2O/c1-17(2,14-5-4-13(19)9-15(14)18)11-21-16(22)6-3-12-7-8-20-10-12/h4-5,9,12,20H,3,6-8,10-11H2,1-2H3,(H,21,22). The van der Waals surface area contributed by atoms with Crippen molar-refractivity contribution in [1.82, 2.24) is 10.6 Å². The van der Waals surface area contributed by atoms with Crippen LogP contribution in [-0.4, -0.2) is 25.5 Å². The zero-order valence-electron chi connectivity index (χ0n) is 13.2. The molecule has 1 heterocycles. The van der Waals surface area contributed by atoms with E-state index in [4.69, 9.17) is 11.6 Å². The zero-order chi connectivity index (χ0) is 16.2. The van der Waals surface area contributed by atoms with Gasteiger partial charge in [-0.15, -0.1) is 0 Å². The summed E-state index contributed by atoms with van der Waals surface area (Å²) in [5.41, 5.74) is 0.505. The highest BCUT2D eigenvalue weighted by Gasteiger charge is 2.24. The average Bonchev–Trinajstić information content (AvgIpc) is 2.96. The van der Waals surface area contributed by atoms with Gasteiger partial charge in [-0.3, -0.25) is 4.79 Å². The number of hydrogen-bond acceptors (Lipinski definition) is 2. The summed E-state index contributed by atoms with van der Waals surface area (Å²) in [5, 5.41) is 6.68. The van der Waals surface area contributed by atoms with E-state index in [-0.39, 0.29) is 17.1 Å². The molecule has 0 radical (unpaired) electrons. The fourth-order valence-electron chi connectivity index (χ4n) is 2.84. The third-order valence-electron chi connectivity index (χ3n) is 4.33. The van der Waals surface area contributed by atoms with Gasteiger partial charge in [-0.1, -0.05) is 31.5 Å². The molecule has 122 valence electrons. The summed E-state index contributed by atoms with van der Waals surface area (Å²) in [5.74, 6) is 0.335. The topological polar surface area (TPSA) is 41.1 Å². The van der Waals surface area contributed by atoms with Crippen LogP contribution in [0.2, 0.25) is 5.02 Å². The van der Waals surface area contributed by atoms with Gasteiger partial charge in [0.1, 0.15) is 5.82 Å². The van der Waals surface area contributed by atoms with Gasteiger partial charge in [-0.25, -0.2) is 4.39 Å². The number of nitrogens with one attached hydrogen (secondary N) is 2. The second-order valence-corrected chi connectivity index (χ2v) is 7.09. The molecule has 5 heteroatoms. The summed E-state index contributed by atoms with van der Waals surface area (Å²) in [6.07, 6.45) is 2.64. The van der Waals surface area contributed by atoms with Gasteiger partial charge in [0.2, 0.25) is 5.91 Å². The van der Waals surface area contributed by atoms with E-state index in [0.717, 1.165) is 31.5 Å². The first-order valence-corrected chi connectivity index (χ1v) is 8.19. The lowest BCUT2D eigenvalue weighted by Crippen LogP contribution is -2.37. The van der Waals surface area contributed by atoms with Crippen molar-refractivity contribution in [2.24, 2.45) is 5.92 Å². The SMILES string of the molecule is CC(C)(CNC(=O)CCC1CCNC1)c1ccc(F)cc1Cl. The van der Waals surface area contributed by atoms with Gasteiger partial charge in [0.25, 0.3) is 0 Å². The summed E-state index contributed by atoms with van der Waals surface area (Å²) in [7, 11) is 0. The molecule has 1 atom stereocenters. The normalized spacial score (nSPS) is 18.5. The molecule has 1 aromatic carbocycles. The predicted octanol–water partition coefficient (Wildman–Crippen LogP) is 3.26. The first-order valence-electron chi connectivity index (χ1n) is 7.81. The third-order valence-corrected chi connectivity index (χ3v) is 4.64. The van der Waals surface area contributed by atoms with E-state index < -0.39 is 0 Å². The molecule has 22 heavy (non-hydrogen) atoms. The fraction of sp³-hybridized carbons (Fsp3) is 0.588. The average molecular weight is 327 g/mol. The van der Waals surface area contributed by atoms with E-state index in [1.807, 2.05) is 13.8 Å². The lowest BCUT2D eigenvalue weighted by atomic mass is 9.84. The van der Waals surface area contributed by atoms with Crippen molar-refractivity contribution in [2.75, 3.05) is 19.6 Å². The highest BCUT2D eigenvalue weighted by Crippen LogP contribution is 2.30. The predicted molar refractivity (Wildman–Crippen MR) is 87.7 cm³/mol. The summed E-state index contributed by atoms with van der Waals surface area (Å²) in [4.78, 5) is 12.0. The molecule has 2 rings (SSSR count). The molecule has 1 fully saturated rings. The molecule has 2 N–H and O–H groups in total. The van der Waals surface area contributed by atoms with Gasteiger partial charge in [-0.2, -0.15) is 0 Å². The van der Waals surface area contributed by atoms with E-state index in [2.05, 4.69) is 10.6 Å². The second kappa shape index (κ2) is 7.42. The van der Waals surface area contributed by atoms with Gasteiger partial charge in [-0.05, 0) is 49.5 Å². The van der Waals surface area contributed by atoms with Crippen LogP contribution in [0.4, 0.5) is 4.39 Å². The number of halogens is 2. The third kappa shape index (κ3) is 4.68. The molecule has 1 aliphatic heterocycles. The smallest absolute Gasteiger partial charge is 0.220 e. The Morgan fingerprint density at radius 2 is 2.27 bits per heavy atom. The molecule has 0 saturated carbocycles. The minimum atomic E-state index is -0.348. The molecule has 0 aliphatic carbocycles. The van der Waals surface area contributed by atoms with E-state index in [1.165, 1.54) is 12.1 Å². The molecule has 0 aromatic heterocycles. The lowest BCUT2D eigenvalue weighted by Gasteiger charge is -2.27. The molecule has 0 bridgehead atoms. The monoisotopic (exact) mass is 326 g/mol. The van der Waals surface area contributed by atoms with E-state index >= 15 is 0 Å². The minimum Gasteiger partial charge on any atom is -0.355 e. The quantitative estimate of drug-likeness (QED) is 0.842. The summed E-state index contributed by atoms with van der Waals surface area (Å²) in [6.45, 7) is 6.55. The number of carbonyl (C=O) groups is 1. The van der Waals surface area contributed by atoms with Crippen LogP contribution in [-0.2, 0) is 10.2 Å². The van der Waals surface area contributed by atoms with Crippen LogP contribution in [0.3, 0.4) is 0 Å². The summed E-state index contributed by atoms with van der Waals surface area (Å²) >= 11 is 6.12. The first-order chi connectivity index (χ1) is 10.4. The maximum Gasteiger partial charge on any atom is 0.220 e. The van der Waals surface area contributed by atoms with Crippen molar-refractivity contribution in [3.8, 4) is 0 Å². The van der Waals surface area contributed by atoms with Gasteiger partial charge in [0, 0.05) is 23.4 Å². The van der Waals surface area contributed by atoms with Gasteiger partial charge < -0.3 is 10.6 Å². The van der Waals surface area contributed by atoms with Crippen LogP contribution < -0.4 is 10.6 Å². The molecule has 1 unspecified atom stereocenters. The second-order valence-electron chi connectivity index (χ2n) is 6.68.